The minimum atomic E-state index is -0.620. The third kappa shape index (κ3) is 2.62. The van der Waals surface area contributed by atoms with Gasteiger partial charge in [0.05, 0.1) is 5.56 Å². The van der Waals surface area contributed by atoms with Crippen LogP contribution in [0.5, 0.6) is 0 Å². The van der Waals surface area contributed by atoms with Crippen LogP contribution in [0.25, 0.3) is 0 Å². The normalized spacial score (nSPS) is 14.2. The summed E-state index contributed by atoms with van der Waals surface area (Å²) >= 11 is 0. The van der Waals surface area contributed by atoms with Crippen LogP contribution < -0.4 is 5.32 Å². The Kier molecular flexibility index (Phi) is 3.52. The molecule has 7 heteroatoms. The molecule has 94 valence electrons. The average molecular weight is 249 g/mol. The van der Waals surface area contributed by atoms with Gasteiger partial charge in [-0.15, -0.1) is 0 Å². The summed E-state index contributed by atoms with van der Waals surface area (Å²) < 4.78 is 4.81. The second-order valence-corrected chi connectivity index (χ2v) is 3.59. The SMILES string of the molecule is O=C(OCC(=O)N1CCNC1=O)c1ccncc1. The van der Waals surface area contributed by atoms with Crippen molar-refractivity contribution in [3.63, 3.8) is 0 Å². The average Bonchev–Trinajstić information content (AvgIpc) is 2.83. The quantitative estimate of drug-likeness (QED) is 0.749. The number of aromatic nitrogens is 1. The van der Waals surface area contributed by atoms with Gasteiger partial charge in [0.1, 0.15) is 0 Å². The van der Waals surface area contributed by atoms with Gasteiger partial charge in [-0.05, 0) is 12.1 Å². The first-order chi connectivity index (χ1) is 8.68. The molecule has 1 fully saturated rings. The van der Waals surface area contributed by atoms with Crippen molar-refractivity contribution >= 4 is 17.9 Å². The summed E-state index contributed by atoms with van der Waals surface area (Å²) in [5.41, 5.74) is 0.309. The smallest absolute Gasteiger partial charge is 0.338 e. The van der Waals surface area contributed by atoms with Crippen LogP contribution in [0.4, 0.5) is 4.79 Å². The van der Waals surface area contributed by atoms with Gasteiger partial charge in [-0.3, -0.25) is 14.7 Å². The first kappa shape index (κ1) is 12.0. The Hall–Kier alpha value is -2.44. The van der Waals surface area contributed by atoms with E-state index in [2.05, 4.69) is 10.3 Å². The number of hydrogen-bond donors (Lipinski definition) is 1. The maximum atomic E-state index is 11.6. The van der Waals surface area contributed by atoms with Crippen molar-refractivity contribution in [1.82, 2.24) is 15.2 Å². The lowest BCUT2D eigenvalue weighted by atomic mass is 10.3. The number of rotatable bonds is 3. The van der Waals surface area contributed by atoms with Crippen LogP contribution in [0.3, 0.4) is 0 Å². The molecular weight excluding hydrogens is 238 g/mol. The number of hydrogen-bond acceptors (Lipinski definition) is 5. The first-order valence-electron chi connectivity index (χ1n) is 5.34. The molecule has 18 heavy (non-hydrogen) atoms. The van der Waals surface area contributed by atoms with Gasteiger partial charge in [0.15, 0.2) is 6.61 Å². The molecule has 0 atom stereocenters. The lowest BCUT2D eigenvalue weighted by molar-refractivity contribution is -0.130. The van der Waals surface area contributed by atoms with Gasteiger partial charge in [0.25, 0.3) is 5.91 Å². The van der Waals surface area contributed by atoms with E-state index in [4.69, 9.17) is 4.74 Å². The number of carbonyl (C=O) groups excluding carboxylic acids is 3. The van der Waals surface area contributed by atoms with Crippen molar-refractivity contribution in [3.8, 4) is 0 Å². The second-order valence-electron chi connectivity index (χ2n) is 3.59. The molecule has 3 amide bonds. The number of amides is 3. The van der Waals surface area contributed by atoms with E-state index in [0.717, 1.165) is 4.90 Å². The predicted octanol–water partition coefficient (Wildman–Crippen LogP) is -0.210. The van der Waals surface area contributed by atoms with Gasteiger partial charge < -0.3 is 10.1 Å². The molecule has 0 radical (unpaired) electrons. The molecule has 0 aromatic carbocycles. The molecule has 0 saturated carbocycles. The number of ether oxygens (including phenoxy) is 1. The van der Waals surface area contributed by atoms with Crippen LogP contribution >= 0.6 is 0 Å². The summed E-state index contributed by atoms with van der Waals surface area (Å²) in [5.74, 6) is -1.15. The second kappa shape index (κ2) is 5.26. The number of nitrogens with one attached hydrogen (secondary N) is 1. The highest BCUT2D eigenvalue weighted by Crippen LogP contribution is 2.02. The molecule has 7 nitrogen and oxygen atoms in total. The van der Waals surface area contributed by atoms with E-state index in [0.29, 0.717) is 18.7 Å². The molecule has 2 heterocycles. The van der Waals surface area contributed by atoms with Crippen LogP contribution in [0, 0.1) is 0 Å². The Morgan fingerprint density at radius 2 is 2.11 bits per heavy atom. The van der Waals surface area contributed by atoms with Crippen molar-refractivity contribution in [3.05, 3.63) is 30.1 Å². The molecule has 0 bridgehead atoms. The zero-order chi connectivity index (χ0) is 13.0. The Morgan fingerprint density at radius 3 is 2.72 bits per heavy atom. The molecule has 0 spiro atoms. The highest BCUT2D eigenvalue weighted by Gasteiger charge is 2.26. The summed E-state index contributed by atoms with van der Waals surface area (Å²) in [6, 6.07) is 2.50. The van der Waals surface area contributed by atoms with Gasteiger partial charge >= 0.3 is 12.0 Å². The Bertz CT molecular complexity index is 474. The molecule has 1 N–H and O–H groups in total. The maximum absolute atomic E-state index is 11.6. The largest absolute Gasteiger partial charge is 0.452 e. The lowest BCUT2D eigenvalue weighted by Crippen LogP contribution is -2.37. The molecule has 0 aliphatic carbocycles. The molecule has 1 aliphatic rings. The number of esters is 1. The molecular formula is C11H11N3O4. The van der Waals surface area contributed by atoms with Gasteiger partial charge in [-0.25, -0.2) is 9.59 Å². The highest BCUT2D eigenvalue weighted by atomic mass is 16.5. The fraction of sp³-hybridized carbons (Fsp3) is 0.273. The van der Waals surface area contributed by atoms with Crippen LogP contribution in [0.2, 0.25) is 0 Å². The summed E-state index contributed by atoms with van der Waals surface area (Å²) in [6.45, 7) is 0.266. The number of carbonyl (C=O) groups is 3. The first-order valence-corrected chi connectivity index (χ1v) is 5.34. The maximum Gasteiger partial charge on any atom is 0.338 e. The standard InChI is InChI=1S/C11H11N3O4/c15-9(14-6-5-13-11(14)17)7-18-10(16)8-1-3-12-4-2-8/h1-4H,5-7H2,(H,13,17). The third-order valence-corrected chi connectivity index (χ3v) is 2.40. The van der Waals surface area contributed by atoms with Crippen molar-refractivity contribution < 1.29 is 19.1 Å². The van der Waals surface area contributed by atoms with E-state index in [1.807, 2.05) is 0 Å². The zero-order valence-electron chi connectivity index (χ0n) is 9.46. The lowest BCUT2D eigenvalue weighted by Gasteiger charge is -2.11. The van der Waals surface area contributed by atoms with Gasteiger partial charge in [0.2, 0.25) is 0 Å². The van der Waals surface area contributed by atoms with Crippen LogP contribution in [-0.2, 0) is 9.53 Å². The van der Waals surface area contributed by atoms with Crippen LogP contribution in [-0.4, -0.2) is 47.5 Å². The number of pyridine rings is 1. The van der Waals surface area contributed by atoms with Crippen molar-refractivity contribution in [2.45, 2.75) is 0 Å². The van der Waals surface area contributed by atoms with E-state index in [-0.39, 0.29) is 0 Å². The van der Waals surface area contributed by atoms with E-state index < -0.39 is 24.5 Å². The Labute approximate surface area is 103 Å². The number of nitrogens with zero attached hydrogens (tertiary/aromatic N) is 2. The molecule has 1 aromatic rings. The minimum absolute atomic E-state index is 0.296. The summed E-state index contributed by atoms with van der Waals surface area (Å²) in [4.78, 5) is 39.0. The van der Waals surface area contributed by atoms with Crippen molar-refractivity contribution in [2.75, 3.05) is 19.7 Å². The van der Waals surface area contributed by atoms with Gasteiger partial charge in [-0.2, -0.15) is 0 Å². The topological polar surface area (TPSA) is 88.6 Å². The van der Waals surface area contributed by atoms with Gasteiger partial charge in [-0.1, -0.05) is 0 Å². The Morgan fingerprint density at radius 1 is 1.39 bits per heavy atom. The van der Waals surface area contributed by atoms with Crippen LogP contribution in [0.1, 0.15) is 10.4 Å². The summed E-state index contributed by atoms with van der Waals surface area (Å²) in [5, 5.41) is 2.49. The van der Waals surface area contributed by atoms with Crippen LogP contribution in [0.15, 0.2) is 24.5 Å². The molecule has 1 saturated heterocycles. The van der Waals surface area contributed by atoms with Gasteiger partial charge in [0, 0.05) is 25.5 Å². The fourth-order valence-corrected chi connectivity index (χ4v) is 1.49. The highest BCUT2D eigenvalue weighted by molar-refractivity contribution is 5.98. The van der Waals surface area contributed by atoms with E-state index in [9.17, 15) is 14.4 Å². The van der Waals surface area contributed by atoms with E-state index in [1.54, 1.807) is 0 Å². The predicted molar refractivity (Wildman–Crippen MR) is 59.6 cm³/mol. The minimum Gasteiger partial charge on any atom is -0.452 e. The summed E-state index contributed by atoms with van der Waals surface area (Å²) in [7, 11) is 0. The molecule has 1 aromatic heterocycles. The van der Waals surface area contributed by atoms with Crippen molar-refractivity contribution in [1.29, 1.82) is 0 Å². The van der Waals surface area contributed by atoms with Crippen molar-refractivity contribution in [2.24, 2.45) is 0 Å². The molecule has 1 aliphatic heterocycles. The molecule has 2 rings (SSSR count). The van der Waals surface area contributed by atoms with E-state index >= 15 is 0 Å². The summed E-state index contributed by atoms with van der Waals surface area (Å²) in [6.07, 6.45) is 2.90. The Balaban J connectivity index is 1.86. The van der Waals surface area contributed by atoms with E-state index in [1.165, 1.54) is 24.5 Å². The zero-order valence-corrected chi connectivity index (χ0v) is 9.46. The third-order valence-electron chi connectivity index (χ3n) is 2.40. The fourth-order valence-electron chi connectivity index (χ4n) is 1.49. The monoisotopic (exact) mass is 249 g/mol. The number of urea groups is 1. The number of imide groups is 1. The molecule has 0 unspecified atom stereocenters.